The zero-order chi connectivity index (χ0) is 15.7. The lowest BCUT2D eigenvalue weighted by molar-refractivity contribution is -0.141. The van der Waals surface area contributed by atoms with Crippen LogP contribution in [0.25, 0.3) is 0 Å². The first-order valence-electron chi connectivity index (χ1n) is 7.64. The number of likely N-dealkylation sites (tertiary alicyclic amines) is 1. The number of carbonyl (C=O) groups is 2. The van der Waals surface area contributed by atoms with Gasteiger partial charge in [-0.05, 0) is 39.7 Å². The minimum absolute atomic E-state index is 0.0387. The molecule has 21 heavy (non-hydrogen) atoms. The molecule has 0 spiro atoms. The van der Waals surface area contributed by atoms with E-state index in [0.717, 1.165) is 18.9 Å². The number of carbonyl (C=O) groups excluding carboxylic acids is 1. The predicted molar refractivity (Wildman–Crippen MR) is 78.1 cm³/mol. The quantitative estimate of drug-likeness (QED) is 0.782. The summed E-state index contributed by atoms with van der Waals surface area (Å²) in [5.74, 6) is -0.0285. The highest BCUT2D eigenvalue weighted by molar-refractivity contribution is 5.73. The first-order valence-corrected chi connectivity index (χ1v) is 7.64. The monoisotopic (exact) mass is 298 g/mol. The molecule has 0 aromatic rings. The van der Waals surface area contributed by atoms with Gasteiger partial charge in [-0.15, -0.1) is 0 Å². The zero-order valence-electron chi connectivity index (χ0n) is 13.1. The van der Waals surface area contributed by atoms with Crippen molar-refractivity contribution >= 4 is 12.1 Å². The highest BCUT2D eigenvalue weighted by Crippen LogP contribution is 2.33. The summed E-state index contributed by atoms with van der Waals surface area (Å²) in [5, 5.41) is 12.4. The van der Waals surface area contributed by atoms with E-state index in [9.17, 15) is 9.59 Å². The van der Waals surface area contributed by atoms with Crippen molar-refractivity contribution in [1.82, 2.24) is 10.2 Å². The van der Waals surface area contributed by atoms with E-state index in [0.29, 0.717) is 13.1 Å². The van der Waals surface area contributed by atoms with E-state index < -0.39 is 17.1 Å². The van der Waals surface area contributed by atoms with Crippen LogP contribution in [-0.4, -0.2) is 52.8 Å². The summed E-state index contributed by atoms with van der Waals surface area (Å²) in [7, 11) is 0. The maximum atomic E-state index is 11.9. The summed E-state index contributed by atoms with van der Waals surface area (Å²) in [6, 6.07) is 0. The Morgan fingerprint density at radius 2 is 1.95 bits per heavy atom. The van der Waals surface area contributed by atoms with Gasteiger partial charge in [0.05, 0.1) is 12.0 Å². The number of amides is 1. The first kappa shape index (κ1) is 16.1. The second kappa shape index (κ2) is 5.83. The Labute approximate surface area is 125 Å². The molecule has 2 rings (SSSR count). The standard InChI is InChI=1S/C15H26N2O4/c1-14(2,3)21-13(20)17-9-15(10-17,8-12(18)19)16-7-6-11-4-5-11/h11,16H,4-10H2,1-3H3,(H,18,19). The highest BCUT2D eigenvalue weighted by Gasteiger charge is 2.47. The molecule has 0 aromatic carbocycles. The van der Waals surface area contributed by atoms with E-state index in [2.05, 4.69) is 5.32 Å². The average molecular weight is 298 g/mol. The van der Waals surface area contributed by atoms with E-state index in [-0.39, 0.29) is 12.5 Å². The third-order valence-electron chi connectivity index (χ3n) is 3.88. The van der Waals surface area contributed by atoms with Gasteiger partial charge in [0.15, 0.2) is 0 Å². The van der Waals surface area contributed by atoms with Crippen LogP contribution in [0.2, 0.25) is 0 Å². The van der Waals surface area contributed by atoms with Crippen LogP contribution in [0.1, 0.15) is 46.5 Å². The van der Waals surface area contributed by atoms with E-state index in [1.54, 1.807) is 4.90 Å². The van der Waals surface area contributed by atoms with E-state index in [1.165, 1.54) is 12.8 Å². The Kier molecular flexibility index (Phi) is 4.46. The molecule has 2 aliphatic rings. The molecule has 2 N–H and O–H groups in total. The number of carboxylic acids is 1. The molecule has 0 unspecified atom stereocenters. The SMILES string of the molecule is CC(C)(C)OC(=O)N1CC(CC(=O)O)(NCCC2CC2)C1. The third-order valence-corrected chi connectivity index (χ3v) is 3.88. The Balaban J connectivity index is 1.82. The maximum absolute atomic E-state index is 11.9. The summed E-state index contributed by atoms with van der Waals surface area (Å²) in [5.41, 5.74) is -1.01. The zero-order valence-corrected chi connectivity index (χ0v) is 13.1. The lowest BCUT2D eigenvalue weighted by atomic mass is 9.86. The van der Waals surface area contributed by atoms with Gasteiger partial charge in [-0.2, -0.15) is 0 Å². The molecule has 6 nitrogen and oxygen atoms in total. The van der Waals surface area contributed by atoms with Crippen LogP contribution in [0.5, 0.6) is 0 Å². The van der Waals surface area contributed by atoms with Gasteiger partial charge in [0.2, 0.25) is 0 Å². The molecule has 1 aliphatic carbocycles. The first-order chi connectivity index (χ1) is 9.69. The van der Waals surface area contributed by atoms with Crippen LogP contribution in [-0.2, 0) is 9.53 Å². The van der Waals surface area contributed by atoms with Crippen molar-refractivity contribution in [2.75, 3.05) is 19.6 Å². The number of ether oxygens (including phenoxy) is 1. The number of nitrogens with one attached hydrogen (secondary N) is 1. The fourth-order valence-corrected chi connectivity index (χ4v) is 2.66. The van der Waals surface area contributed by atoms with Crippen LogP contribution in [0.15, 0.2) is 0 Å². The molecule has 0 aromatic heterocycles. The smallest absolute Gasteiger partial charge is 0.410 e. The third kappa shape index (κ3) is 4.88. The van der Waals surface area contributed by atoms with Crippen LogP contribution in [0, 0.1) is 5.92 Å². The number of nitrogens with zero attached hydrogens (tertiary/aromatic N) is 1. The van der Waals surface area contributed by atoms with Gasteiger partial charge in [0, 0.05) is 13.1 Å². The minimum Gasteiger partial charge on any atom is -0.481 e. The van der Waals surface area contributed by atoms with Gasteiger partial charge in [-0.25, -0.2) is 4.79 Å². The summed E-state index contributed by atoms with van der Waals surface area (Å²) >= 11 is 0. The van der Waals surface area contributed by atoms with Gasteiger partial charge in [-0.1, -0.05) is 12.8 Å². The molecule has 120 valence electrons. The van der Waals surface area contributed by atoms with Crippen molar-refractivity contribution in [2.45, 2.75) is 57.6 Å². The number of hydrogen-bond acceptors (Lipinski definition) is 4. The summed E-state index contributed by atoms with van der Waals surface area (Å²) in [6.07, 6.45) is 3.34. The van der Waals surface area contributed by atoms with Crippen LogP contribution >= 0.6 is 0 Å². The molecule has 2 fully saturated rings. The largest absolute Gasteiger partial charge is 0.481 e. The molecule has 1 saturated heterocycles. The van der Waals surface area contributed by atoms with E-state index in [1.807, 2.05) is 20.8 Å². The van der Waals surface area contributed by atoms with Crippen molar-refractivity contribution < 1.29 is 19.4 Å². The van der Waals surface area contributed by atoms with Crippen molar-refractivity contribution in [2.24, 2.45) is 5.92 Å². The lowest BCUT2D eigenvalue weighted by Crippen LogP contribution is -2.71. The lowest BCUT2D eigenvalue weighted by Gasteiger charge is -2.49. The maximum Gasteiger partial charge on any atom is 0.410 e. The Morgan fingerprint density at radius 3 is 2.43 bits per heavy atom. The molecular weight excluding hydrogens is 272 g/mol. The number of carboxylic acid groups (broad SMARTS) is 1. The molecule has 0 atom stereocenters. The Hall–Kier alpha value is -1.30. The molecule has 0 bridgehead atoms. The molecule has 1 saturated carbocycles. The average Bonchev–Trinajstić information content (AvgIpc) is 3.05. The second-order valence-electron chi connectivity index (χ2n) is 7.35. The van der Waals surface area contributed by atoms with Crippen molar-refractivity contribution in [3.8, 4) is 0 Å². The van der Waals surface area contributed by atoms with Crippen molar-refractivity contribution in [1.29, 1.82) is 0 Å². The number of rotatable bonds is 6. The normalized spacial score (nSPS) is 20.8. The van der Waals surface area contributed by atoms with E-state index in [4.69, 9.17) is 9.84 Å². The predicted octanol–water partition coefficient (Wildman–Crippen LogP) is 1.84. The topological polar surface area (TPSA) is 78.9 Å². The van der Waals surface area contributed by atoms with Crippen molar-refractivity contribution in [3.63, 3.8) is 0 Å². The van der Waals surface area contributed by atoms with Crippen LogP contribution in [0.3, 0.4) is 0 Å². The minimum atomic E-state index is -0.835. The highest BCUT2D eigenvalue weighted by atomic mass is 16.6. The number of hydrogen-bond donors (Lipinski definition) is 2. The van der Waals surface area contributed by atoms with E-state index >= 15 is 0 Å². The summed E-state index contributed by atoms with van der Waals surface area (Å²) < 4.78 is 5.30. The molecule has 0 radical (unpaired) electrons. The van der Waals surface area contributed by atoms with Gasteiger partial charge in [-0.3, -0.25) is 4.79 Å². The molecule has 1 heterocycles. The second-order valence-corrected chi connectivity index (χ2v) is 7.35. The number of aliphatic carboxylic acids is 1. The summed E-state index contributed by atoms with van der Waals surface area (Å²) in [4.78, 5) is 24.6. The molecular formula is C15H26N2O4. The van der Waals surface area contributed by atoms with Gasteiger partial charge in [0.1, 0.15) is 5.60 Å². The molecule has 1 aliphatic heterocycles. The Bertz CT molecular complexity index is 406. The van der Waals surface area contributed by atoms with Gasteiger partial charge >= 0.3 is 12.1 Å². The Morgan fingerprint density at radius 1 is 1.33 bits per heavy atom. The van der Waals surface area contributed by atoms with Gasteiger partial charge in [0.25, 0.3) is 0 Å². The fraction of sp³-hybridized carbons (Fsp3) is 0.867. The fourth-order valence-electron chi connectivity index (χ4n) is 2.66. The molecule has 1 amide bonds. The van der Waals surface area contributed by atoms with Crippen molar-refractivity contribution in [3.05, 3.63) is 0 Å². The van der Waals surface area contributed by atoms with Crippen LogP contribution < -0.4 is 5.32 Å². The summed E-state index contributed by atoms with van der Waals surface area (Å²) in [6.45, 7) is 7.09. The van der Waals surface area contributed by atoms with Crippen LogP contribution in [0.4, 0.5) is 4.79 Å². The van der Waals surface area contributed by atoms with Gasteiger partial charge < -0.3 is 20.1 Å². The molecule has 6 heteroatoms.